The number of aryl methyl sites for hydroxylation is 1. The number of carbonyl (C=O) groups is 1. The number of alkyl halides is 3. The second kappa shape index (κ2) is 9.02. The number of hydrogen-bond donors (Lipinski definition) is 1. The van der Waals surface area contributed by atoms with Crippen molar-refractivity contribution in [3.63, 3.8) is 0 Å². The summed E-state index contributed by atoms with van der Waals surface area (Å²) in [6.45, 7) is 1.72. The van der Waals surface area contributed by atoms with Crippen LogP contribution in [-0.4, -0.2) is 38.2 Å². The molecule has 0 heterocycles. The van der Waals surface area contributed by atoms with Crippen LogP contribution in [-0.2, 0) is 14.8 Å². The lowest BCUT2D eigenvalue weighted by atomic mass is 10.2. The molecule has 2 rings (SSSR count). The molecule has 10 heteroatoms. The van der Waals surface area contributed by atoms with Gasteiger partial charge in [-0.15, -0.1) is 0 Å². The molecule has 0 saturated heterocycles. The molecule has 2 aromatic carbocycles. The first kappa shape index (κ1) is 23.0. The first-order valence-electron chi connectivity index (χ1n) is 8.26. The standard InChI is InChI=1S/C19H19F3N2O3S2/c1-13-4-10-16(29(26,27)24(2)3)12-17(13)23-18(25)11-7-14-5-8-15(9-6-14)28-19(20,21)22/h4-12H,1-3H3,(H,23,25)/b11-7+. The molecular weight excluding hydrogens is 425 g/mol. The average Bonchev–Trinajstić information content (AvgIpc) is 2.61. The van der Waals surface area contributed by atoms with Crippen LogP contribution in [0.1, 0.15) is 11.1 Å². The highest BCUT2D eigenvalue weighted by Crippen LogP contribution is 2.36. The Hall–Kier alpha value is -2.30. The molecule has 29 heavy (non-hydrogen) atoms. The third-order valence-corrected chi connectivity index (χ3v) is 6.34. The number of benzene rings is 2. The van der Waals surface area contributed by atoms with E-state index in [1.165, 1.54) is 62.6 Å². The summed E-state index contributed by atoms with van der Waals surface area (Å²) in [5.74, 6) is -0.499. The maximum absolute atomic E-state index is 12.3. The van der Waals surface area contributed by atoms with Gasteiger partial charge in [-0.25, -0.2) is 12.7 Å². The highest BCUT2D eigenvalue weighted by Gasteiger charge is 2.28. The van der Waals surface area contributed by atoms with Crippen molar-refractivity contribution in [2.75, 3.05) is 19.4 Å². The third-order valence-electron chi connectivity index (χ3n) is 3.79. The number of amides is 1. The number of hydrogen-bond acceptors (Lipinski definition) is 4. The molecule has 0 saturated carbocycles. The Morgan fingerprint density at radius 3 is 2.28 bits per heavy atom. The Bertz CT molecular complexity index is 1020. The lowest BCUT2D eigenvalue weighted by Crippen LogP contribution is -2.22. The molecule has 0 aliphatic carbocycles. The van der Waals surface area contributed by atoms with E-state index in [4.69, 9.17) is 0 Å². The molecule has 0 unspecified atom stereocenters. The highest BCUT2D eigenvalue weighted by molar-refractivity contribution is 8.00. The number of carbonyl (C=O) groups excluding carboxylic acids is 1. The van der Waals surface area contributed by atoms with Gasteiger partial charge in [0.25, 0.3) is 0 Å². The van der Waals surface area contributed by atoms with Crippen LogP contribution in [0.5, 0.6) is 0 Å². The average molecular weight is 445 g/mol. The van der Waals surface area contributed by atoms with Gasteiger partial charge in [-0.3, -0.25) is 4.79 Å². The van der Waals surface area contributed by atoms with Crippen molar-refractivity contribution in [3.8, 4) is 0 Å². The fraction of sp³-hybridized carbons (Fsp3) is 0.211. The van der Waals surface area contributed by atoms with Crippen molar-refractivity contribution < 1.29 is 26.4 Å². The molecule has 5 nitrogen and oxygen atoms in total. The Kier molecular flexibility index (Phi) is 7.15. The van der Waals surface area contributed by atoms with Gasteiger partial charge >= 0.3 is 5.51 Å². The topological polar surface area (TPSA) is 66.5 Å². The maximum atomic E-state index is 12.3. The Morgan fingerprint density at radius 1 is 1.10 bits per heavy atom. The van der Waals surface area contributed by atoms with Crippen LogP contribution in [0, 0.1) is 6.92 Å². The zero-order valence-electron chi connectivity index (χ0n) is 15.8. The van der Waals surface area contributed by atoms with Crippen molar-refractivity contribution in [1.29, 1.82) is 0 Å². The van der Waals surface area contributed by atoms with Gasteiger partial charge in [-0.05, 0) is 60.2 Å². The van der Waals surface area contributed by atoms with Gasteiger partial charge in [0.05, 0.1) is 4.90 Å². The minimum absolute atomic E-state index is 0.0464. The SMILES string of the molecule is Cc1ccc(S(=O)(=O)N(C)C)cc1NC(=O)/C=C/c1ccc(SC(F)(F)F)cc1. The van der Waals surface area contributed by atoms with Crippen LogP contribution in [0.3, 0.4) is 0 Å². The molecule has 0 aliphatic rings. The summed E-state index contributed by atoms with van der Waals surface area (Å²) in [6, 6.07) is 9.98. The first-order chi connectivity index (χ1) is 13.4. The molecule has 1 N–H and O–H groups in total. The summed E-state index contributed by atoms with van der Waals surface area (Å²) in [5, 5.41) is 2.61. The number of nitrogens with one attached hydrogen (secondary N) is 1. The van der Waals surface area contributed by atoms with Gasteiger partial charge < -0.3 is 5.32 Å². The fourth-order valence-electron chi connectivity index (χ4n) is 2.23. The number of halogens is 3. The first-order valence-corrected chi connectivity index (χ1v) is 10.5. The van der Waals surface area contributed by atoms with Crippen LogP contribution >= 0.6 is 11.8 Å². The van der Waals surface area contributed by atoms with Crippen molar-refractivity contribution in [2.45, 2.75) is 22.2 Å². The Balaban J connectivity index is 2.11. The van der Waals surface area contributed by atoms with Crippen LogP contribution < -0.4 is 5.32 Å². The van der Waals surface area contributed by atoms with Crippen molar-refractivity contribution in [1.82, 2.24) is 4.31 Å². The minimum Gasteiger partial charge on any atom is -0.322 e. The second-order valence-corrected chi connectivity index (χ2v) is 9.49. The number of sulfonamides is 1. The summed E-state index contributed by atoms with van der Waals surface area (Å²) >= 11 is -0.213. The zero-order chi connectivity index (χ0) is 21.8. The van der Waals surface area contributed by atoms with Gasteiger partial charge in [0, 0.05) is 30.8 Å². The molecule has 0 atom stereocenters. The maximum Gasteiger partial charge on any atom is 0.446 e. The molecule has 2 aromatic rings. The fourth-order valence-corrected chi connectivity index (χ4v) is 3.70. The number of anilines is 1. The molecule has 0 aromatic heterocycles. The van der Waals surface area contributed by atoms with E-state index in [-0.39, 0.29) is 21.6 Å². The quantitative estimate of drug-likeness (QED) is 0.526. The molecule has 0 fully saturated rings. The summed E-state index contributed by atoms with van der Waals surface area (Å²) < 4.78 is 62.6. The minimum atomic E-state index is -4.36. The summed E-state index contributed by atoms with van der Waals surface area (Å²) in [5.41, 5.74) is -2.78. The molecular formula is C19H19F3N2O3S2. The van der Waals surface area contributed by atoms with E-state index in [1.54, 1.807) is 13.0 Å². The van der Waals surface area contributed by atoms with Gasteiger partial charge in [0.15, 0.2) is 0 Å². The van der Waals surface area contributed by atoms with E-state index in [9.17, 15) is 26.4 Å². The number of thioether (sulfide) groups is 1. The normalized spacial score (nSPS) is 12.5. The third kappa shape index (κ3) is 6.62. The van der Waals surface area contributed by atoms with Crippen LogP contribution in [0.4, 0.5) is 18.9 Å². The molecule has 0 radical (unpaired) electrons. The zero-order valence-corrected chi connectivity index (χ0v) is 17.5. The predicted octanol–water partition coefficient (Wildman–Crippen LogP) is 4.51. The Morgan fingerprint density at radius 2 is 1.72 bits per heavy atom. The molecule has 1 amide bonds. The van der Waals surface area contributed by atoms with Gasteiger partial charge in [-0.2, -0.15) is 13.2 Å². The van der Waals surface area contributed by atoms with Crippen LogP contribution in [0.15, 0.2) is 58.3 Å². The number of rotatable bonds is 6. The lowest BCUT2D eigenvalue weighted by Gasteiger charge is -2.14. The van der Waals surface area contributed by atoms with E-state index in [1.807, 2.05) is 0 Å². The van der Waals surface area contributed by atoms with Crippen LogP contribution in [0.2, 0.25) is 0 Å². The van der Waals surface area contributed by atoms with E-state index >= 15 is 0 Å². The van der Waals surface area contributed by atoms with Crippen LogP contribution in [0.25, 0.3) is 6.08 Å². The molecule has 156 valence electrons. The summed E-state index contributed by atoms with van der Waals surface area (Å²) in [6.07, 6.45) is 2.67. The summed E-state index contributed by atoms with van der Waals surface area (Å²) in [4.78, 5) is 12.3. The Labute approximate surface area is 171 Å². The predicted molar refractivity (Wildman–Crippen MR) is 108 cm³/mol. The largest absolute Gasteiger partial charge is 0.446 e. The van der Waals surface area contributed by atoms with Crippen molar-refractivity contribution >= 4 is 39.5 Å². The van der Waals surface area contributed by atoms with Gasteiger partial charge in [-0.1, -0.05) is 18.2 Å². The second-order valence-electron chi connectivity index (χ2n) is 6.20. The van der Waals surface area contributed by atoms with Gasteiger partial charge in [0.1, 0.15) is 0 Å². The lowest BCUT2D eigenvalue weighted by molar-refractivity contribution is -0.111. The number of nitrogens with zero attached hydrogens (tertiary/aromatic N) is 1. The van der Waals surface area contributed by atoms with E-state index < -0.39 is 21.4 Å². The van der Waals surface area contributed by atoms with E-state index in [2.05, 4.69) is 5.32 Å². The molecule has 0 spiro atoms. The highest BCUT2D eigenvalue weighted by atomic mass is 32.2. The smallest absolute Gasteiger partial charge is 0.322 e. The monoisotopic (exact) mass is 444 g/mol. The van der Waals surface area contributed by atoms with Gasteiger partial charge in [0.2, 0.25) is 15.9 Å². The molecule has 0 aliphatic heterocycles. The summed E-state index contributed by atoms with van der Waals surface area (Å²) in [7, 11) is -0.820. The van der Waals surface area contributed by atoms with Crippen molar-refractivity contribution in [2.24, 2.45) is 0 Å². The molecule has 0 bridgehead atoms. The van der Waals surface area contributed by atoms with E-state index in [0.29, 0.717) is 16.8 Å². The van der Waals surface area contributed by atoms with Crippen molar-refractivity contribution in [3.05, 3.63) is 59.7 Å². The van der Waals surface area contributed by atoms with E-state index in [0.717, 1.165) is 4.31 Å².